The number of nitrogens with zero attached hydrogens (tertiary/aromatic N) is 1. The minimum atomic E-state index is -3.73. The van der Waals surface area contributed by atoms with Crippen molar-refractivity contribution in [3.63, 3.8) is 0 Å². The SMILES string of the molecule is C[NH+]1CCN(C(=O)CNC(=O)CNS(=O)(=O)c2ccccc2)CC1. The van der Waals surface area contributed by atoms with E-state index in [1.807, 2.05) is 0 Å². The van der Waals surface area contributed by atoms with Crippen molar-refractivity contribution in [2.45, 2.75) is 4.90 Å². The topological polar surface area (TPSA) is 100 Å². The molecule has 2 amide bonds. The van der Waals surface area contributed by atoms with Gasteiger partial charge >= 0.3 is 0 Å². The highest BCUT2D eigenvalue weighted by Gasteiger charge is 2.21. The molecule has 9 heteroatoms. The first-order valence-corrected chi connectivity index (χ1v) is 9.27. The van der Waals surface area contributed by atoms with Gasteiger partial charge in [-0.25, -0.2) is 13.1 Å². The van der Waals surface area contributed by atoms with E-state index in [0.717, 1.165) is 13.1 Å². The summed E-state index contributed by atoms with van der Waals surface area (Å²) in [4.78, 5) is 26.9. The van der Waals surface area contributed by atoms with Crippen LogP contribution in [0.25, 0.3) is 0 Å². The number of carbonyl (C=O) groups excluding carboxylic acids is 2. The van der Waals surface area contributed by atoms with E-state index >= 15 is 0 Å². The van der Waals surface area contributed by atoms with Crippen LogP contribution in [0, 0.1) is 0 Å². The summed E-state index contributed by atoms with van der Waals surface area (Å²) in [7, 11) is -1.66. The van der Waals surface area contributed by atoms with Gasteiger partial charge in [-0.1, -0.05) is 18.2 Å². The monoisotopic (exact) mass is 355 g/mol. The number of hydrogen-bond donors (Lipinski definition) is 3. The van der Waals surface area contributed by atoms with Crippen LogP contribution in [0.4, 0.5) is 0 Å². The van der Waals surface area contributed by atoms with Gasteiger partial charge in [0.2, 0.25) is 21.8 Å². The van der Waals surface area contributed by atoms with E-state index in [9.17, 15) is 18.0 Å². The molecular weight excluding hydrogens is 332 g/mol. The Labute approximate surface area is 141 Å². The fraction of sp³-hybridized carbons (Fsp3) is 0.467. The first-order valence-electron chi connectivity index (χ1n) is 7.79. The van der Waals surface area contributed by atoms with Gasteiger partial charge in [0.1, 0.15) is 0 Å². The number of sulfonamides is 1. The highest BCUT2D eigenvalue weighted by atomic mass is 32.2. The number of quaternary nitrogens is 1. The lowest BCUT2D eigenvalue weighted by molar-refractivity contribution is -0.883. The Morgan fingerprint density at radius 3 is 2.38 bits per heavy atom. The Hall–Kier alpha value is -1.97. The molecule has 1 aromatic rings. The molecule has 1 fully saturated rings. The summed E-state index contributed by atoms with van der Waals surface area (Å²) in [6, 6.07) is 7.80. The highest BCUT2D eigenvalue weighted by Crippen LogP contribution is 2.06. The maximum absolute atomic E-state index is 12.0. The summed E-state index contributed by atoms with van der Waals surface area (Å²) in [5, 5.41) is 2.45. The molecule has 0 aromatic heterocycles. The van der Waals surface area contributed by atoms with Crippen LogP contribution in [0.5, 0.6) is 0 Å². The van der Waals surface area contributed by atoms with Crippen molar-refractivity contribution in [2.75, 3.05) is 46.3 Å². The molecule has 0 bridgehead atoms. The third-order valence-electron chi connectivity index (χ3n) is 3.88. The maximum Gasteiger partial charge on any atom is 0.242 e. The molecule has 132 valence electrons. The van der Waals surface area contributed by atoms with E-state index in [1.54, 1.807) is 23.1 Å². The minimum Gasteiger partial charge on any atom is -0.346 e. The lowest BCUT2D eigenvalue weighted by atomic mass is 10.3. The van der Waals surface area contributed by atoms with Gasteiger partial charge in [-0.05, 0) is 12.1 Å². The van der Waals surface area contributed by atoms with E-state index < -0.39 is 22.5 Å². The second kappa shape index (κ2) is 8.22. The van der Waals surface area contributed by atoms with Gasteiger partial charge in [0, 0.05) is 0 Å². The number of nitrogens with one attached hydrogen (secondary N) is 3. The molecule has 1 saturated heterocycles. The van der Waals surface area contributed by atoms with Crippen LogP contribution in [0.15, 0.2) is 35.2 Å². The minimum absolute atomic E-state index is 0.0915. The molecule has 1 aromatic carbocycles. The number of benzene rings is 1. The zero-order chi connectivity index (χ0) is 17.6. The van der Waals surface area contributed by atoms with Crippen molar-refractivity contribution in [1.29, 1.82) is 0 Å². The van der Waals surface area contributed by atoms with Crippen molar-refractivity contribution < 1.29 is 22.9 Å². The first-order chi connectivity index (χ1) is 11.4. The maximum atomic E-state index is 12.0. The molecule has 3 N–H and O–H groups in total. The highest BCUT2D eigenvalue weighted by molar-refractivity contribution is 7.89. The van der Waals surface area contributed by atoms with Gasteiger partial charge in [-0.15, -0.1) is 0 Å². The molecular formula is C15H23N4O4S+. The van der Waals surface area contributed by atoms with Crippen LogP contribution in [-0.4, -0.2) is 71.4 Å². The predicted octanol–water partition coefficient (Wildman–Crippen LogP) is -2.56. The molecule has 8 nitrogen and oxygen atoms in total. The summed E-state index contributed by atoms with van der Waals surface area (Å²) < 4.78 is 26.2. The van der Waals surface area contributed by atoms with Crippen molar-refractivity contribution in [3.8, 4) is 0 Å². The number of rotatable bonds is 6. The standard InChI is InChI=1S/C15H22N4O4S/c1-18-7-9-19(10-8-18)15(21)12-16-14(20)11-17-24(22,23)13-5-3-2-4-6-13/h2-6,17H,7-12H2,1H3,(H,16,20)/p+1. The second-order valence-corrected chi connectivity index (χ2v) is 7.52. The summed E-state index contributed by atoms with van der Waals surface area (Å²) >= 11 is 0. The third kappa shape index (κ3) is 5.29. The van der Waals surface area contributed by atoms with Gasteiger partial charge < -0.3 is 15.1 Å². The smallest absolute Gasteiger partial charge is 0.242 e. The summed E-state index contributed by atoms with van der Waals surface area (Å²) in [5.41, 5.74) is 0. The molecule has 0 atom stereocenters. The Bertz CT molecular complexity index is 670. The number of piperazine rings is 1. The van der Waals surface area contributed by atoms with Crippen LogP contribution in [-0.2, 0) is 19.6 Å². The Morgan fingerprint density at radius 1 is 1.12 bits per heavy atom. The largest absolute Gasteiger partial charge is 0.346 e. The zero-order valence-electron chi connectivity index (χ0n) is 13.6. The quantitative estimate of drug-likeness (QED) is 0.523. The predicted molar refractivity (Wildman–Crippen MR) is 87.8 cm³/mol. The van der Waals surface area contributed by atoms with E-state index in [4.69, 9.17) is 0 Å². The molecule has 1 aliphatic rings. The third-order valence-corrected chi connectivity index (χ3v) is 5.30. The van der Waals surface area contributed by atoms with Crippen LogP contribution >= 0.6 is 0 Å². The van der Waals surface area contributed by atoms with Gasteiger partial charge in [0.05, 0.1) is 51.2 Å². The average molecular weight is 355 g/mol. The van der Waals surface area contributed by atoms with Crippen molar-refractivity contribution in [3.05, 3.63) is 30.3 Å². The van der Waals surface area contributed by atoms with Gasteiger partial charge in [0.25, 0.3) is 0 Å². The normalized spacial score (nSPS) is 16.0. The summed E-state index contributed by atoms with van der Waals surface area (Å²) in [6.45, 7) is 2.58. The van der Waals surface area contributed by atoms with Crippen molar-refractivity contribution in [2.24, 2.45) is 0 Å². The molecule has 0 radical (unpaired) electrons. The lowest BCUT2D eigenvalue weighted by Crippen LogP contribution is -3.12. The summed E-state index contributed by atoms with van der Waals surface area (Å²) in [5.74, 6) is -0.690. The molecule has 0 saturated carbocycles. The number of amides is 2. The van der Waals surface area contributed by atoms with E-state index in [1.165, 1.54) is 17.0 Å². The molecule has 2 rings (SSSR count). The van der Waals surface area contributed by atoms with Crippen LogP contribution in [0.1, 0.15) is 0 Å². The zero-order valence-corrected chi connectivity index (χ0v) is 14.4. The Morgan fingerprint density at radius 2 is 1.75 bits per heavy atom. The van der Waals surface area contributed by atoms with E-state index in [2.05, 4.69) is 17.1 Å². The Balaban J connectivity index is 1.74. The molecule has 0 aliphatic carbocycles. The first kappa shape index (κ1) is 18.4. The number of hydrogen-bond acceptors (Lipinski definition) is 4. The van der Waals surface area contributed by atoms with Crippen LogP contribution in [0.2, 0.25) is 0 Å². The van der Waals surface area contributed by atoms with Crippen LogP contribution < -0.4 is 14.9 Å². The molecule has 1 heterocycles. The molecule has 0 spiro atoms. The average Bonchev–Trinajstić information content (AvgIpc) is 2.59. The van der Waals surface area contributed by atoms with Gasteiger partial charge in [0.15, 0.2) is 0 Å². The second-order valence-electron chi connectivity index (χ2n) is 5.75. The summed E-state index contributed by atoms with van der Waals surface area (Å²) in [6.07, 6.45) is 0. The van der Waals surface area contributed by atoms with E-state index in [-0.39, 0.29) is 17.3 Å². The van der Waals surface area contributed by atoms with Crippen molar-refractivity contribution >= 4 is 21.8 Å². The molecule has 0 unspecified atom stereocenters. The number of carbonyl (C=O) groups is 2. The van der Waals surface area contributed by atoms with E-state index in [0.29, 0.717) is 13.1 Å². The Kier molecular flexibility index (Phi) is 6.29. The fourth-order valence-electron chi connectivity index (χ4n) is 2.33. The fourth-order valence-corrected chi connectivity index (χ4v) is 3.33. The number of likely N-dealkylation sites (N-methyl/N-ethyl adjacent to an activating group) is 1. The van der Waals surface area contributed by atoms with Gasteiger partial charge in [-0.3, -0.25) is 9.59 Å². The van der Waals surface area contributed by atoms with Crippen molar-refractivity contribution in [1.82, 2.24) is 14.9 Å². The molecule has 1 aliphatic heterocycles. The van der Waals surface area contributed by atoms with Crippen LogP contribution in [0.3, 0.4) is 0 Å². The lowest BCUT2D eigenvalue weighted by Gasteiger charge is -2.30. The van der Waals surface area contributed by atoms with Gasteiger partial charge in [-0.2, -0.15) is 0 Å². The molecule has 24 heavy (non-hydrogen) atoms.